The highest BCUT2D eigenvalue weighted by atomic mass is 35.5. The monoisotopic (exact) mass is 235 g/mol. The van der Waals surface area contributed by atoms with E-state index in [1.54, 1.807) is 12.1 Å². The van der Waals surface area contributed by atoms with Crippen LogP contribution in [0.1, 0.15) is 5.56 Å². The minimum atomic E-state index is -0.226. The van der Waals surface area contributed by atoms with Gasteiger partial charge < -0.3 is 4.90 Å². The van der Waals surface area contributed by atoms with Gasteiger partial charge in [0.05, 0.1) is 0 Å². The average molecular weight is 236 g/mol. The summed E-state index contributed by atoms with van der Waals surface area (Å²) in [6.07, 6.45) is 0. The van der Waals surface area contributed by atoms with Crippen LogP contribution >= 0.6 is 23.2 Å². The molecule has 0 saturated heterocycles. The lowest BCUT2D eigenvalue weighted by molar-refractivity contribution is 0.341. The third-order valence-electron chi connectivity index (χ3n) is 1.91. The Hall–Kier alpha value is -0.310. The number of benzene rings is 1. The van der Waals surface area contributed by atoms with Crippen LogP contribution in [0.4, 0.5) is 4.39 Å². The van der Waals surface area contributed by atoms with E-state index in [1.165, 1.54) is 6.07 Å². The number of rotatable bonds is 4. The second kappa shape index (κ2) is 5.54. The van der Waals surface area contributed by atoms with Crippen LogP contribution < -0.4 is 0 Å². The number of halogens is 3. The predicted octanol–water partition coefficient (Wildman–Crippen LogP) is 3.15. The van der Waals surface area contributed by atoms with Gasteiger partial charge in [-0.05, 0) is 25.2 Å². The molecule has 1 rings (SSSR count). The van der Waals surface area contributed by atoms with Gasteiger partial charge in [0.15, 0.2) is 0 Å². The summed E-state index contributed by atoms with van der Waals surface area (Å²) in [5.41, 5.74) is 0.602. The molecular formula is C10H12Cl2FN. The molecule has 0 spiro atoms. The van der Waals surface area contributed by atoms with Crippen LogP contribution in [-0.2, 0) is 6.54 Å². The van der Waals surface area contributed by atoms with Crippen molar-refractivity contribution in [1.82, 2.24) is 4.90 Å². The lowest BCUT2D eigenvalue weighted by Gasteiger charge is -2.15. The van der Waals surface area contributed by atoms with Crippen molar-refractivity contribution in [2.45, 2.75) is 6.54 Å². The van der Waals surface area contributed by atoms with E-state index < -0.39 is 0 Å². The topological polar surface area (TPSA) is 3.24 Å². The Bertz CT molecular complexity index is 304. The standard InChI is InChI=1S/C10H12Cl2FN/c1-14(5-4-11)7-8-6-9(12)2-3-10(8)13/h2-3,6H,4-5,7H2,1H3. The molecule has 0 radical (unpaired) electrons. The Kier molecular flexibility index (Phi) is 4.66. The maximum atomic E-state index is 13.3. The number of hydrogen-bond acceptors (Lipinski definition) is 1. The van der Waals surface area contributed by atoms with Gasteiger partial charge in [0.25, 0.3) is 0 Å². The zero-order valence-corrected chi connectivity index (χ0v) is 9.45. The van der Waals surface area contributed by atoms with Crippen LogP contribution in [0, 0.1) is 5.82 Å². The number of nitrogens with zero attached hydrogens (tertiary/aromatic N) is 1. The molecule has 4 heteroatoms. The van der Waals surface area contributed by atoms with Gasteiger partial charge >= 0.3 is 0 Å². The van der Waals surface area contributed by atoms with Gasteiger partial charge in [-0.1, -0.05) is 11.6 Å². The van der Waals surface area contributed by atoms with Crippen molar-refractivity contribution in [3.63, 3.8) is 0 Å². The summed E-state index contributed by atoms with van der Waals surface area (Å²) in [6.45, 7) is 1.26. The Morgan fingerprint density at radius 3 is 2.79 bits per heavy atom. The van der Waals surface area contributed by atoms with E-state index in [2.05, 4.69) is 0 Å². The molecule has 0 amide bonds. The number of hydrogen-bond donors (Lipinski definition) is 0. The van der Waals surface area contributed by atoms with Gasteiger partial charge in [-0.25, -0.2) is 4.39 Å². The molecule has 0 N–H and O–H groups in total. The molecule has 0 atom stereocenters. The van der Waals surface area contributed by atoms with Crippen LogP contribution in [0.15, 0.2) is 18.2 Å². The van der Waals surface area contributed by atoms with E-state index in [9.17, 15) is 4.39 Å². The highest BCUT2D eigenvalue weighted by Crippen LogP contribution is 2.16. The van der Waals surface area contributed by atoms with E-state index in [0.29, 0.717) is 23.0 Å². The lowest BCUT2D eigenvalue weighted by atomic mass is 10.2. The van der Waals surface area contributed by atoms with Crippen LogP contribution in [-0.4, -0.2) is 24.4 Å². The predicted molar refractivity (Wildman–Crippen MR) is 58.5 cm³/mol. The molecule has 14 heavy (non-hydrogen) atoms. The molecule has 0 bridgehead atoms. The van der Waals surface area contributed by atoms with Gasteiger partial charge in [-0.3, -0.25) is 0 Å². The van der Waals surface area contributed by atoms with Crippen molar-refractivity contribution in [2.24, 2.45) is 0 Å². The highest BCUT2D eigenvalue weighted by Gasteiger charge is 2.05. The molecule has 0 unspecified atom stereocenters. The van der Waals surface area contributed by atoms with Gasteiger partial charge in [0, 0.05) is 29.6 Å². The molecular weight excluding hydrogens is 224 g/mol. The SMILES string of the molecule is CN(CCCl)Cc1cc(Cl)ccc1F. The van der Waals surface area contributed by atoms with Crippen molar-refractivity contribution < 1.29 is 4.39 Å². The Morgan fingerprint density at radius 2 is 2.14 bits per heavy atom. The van der Waals surface area contributed by atoms with Crippen molar-refractivity contribution in [3.8, 4) is 0 Å². The third kappa shape index (κ3) is 3.45. The first kappa shape index (κ1) is 11.8. The molecule has 0 aliphatic rings. The van der Waals surface area contributed by atoms with E-state index in [4.69, 9.17) is 23.2 Å². The lowest BCUT2D eigenvalue weighted by Crippen LogP contribution is -2.20. The van der Waals surface area contributed by atoms with E-state index in [0.717, 1.165) is 6.54 Å². The van der Waals surface area contributed by atoms with Crippen LogP contribution in [0.3, 0.4) is 0 Å². The van der Waals surface area contributed by atoms with E-state index in [1.807, 2.05) is 11.9 Å². The molecule has 78 valence electrons. The first-order chi connectivity index (χ1) is 6.63. The molecule has 0 heterocycles. The molecule has 0 aliphatic heterocycles. The van der Waals surface area contributed by atoms with Crippen LogP contribution in [0.2, 0.25) is 5.02 Å². The van der Waals surface area contributed by atoms with Crippen molar-refractivity contribution >= 4 is 23.2 Å². The second-order valence-corrected chi connectivity index (χ2v) is 3.98. The zero-order chi connectivity index (χ0) is 10.6. The minimum Gasteiger partial charge on any atom is -0.301 e. The minimum absolute atomic E-state index is 0.226. The Balaban J connectivity index is 2.70. The third-order valence-corrected chi connectivity index (χ3v) is 2.32. The van der Waals surface area contributed by atoms with Crippen LogP contribution in [0.5, 0.6) is 0 Å². The molecule has 1 aromatic rings. The molecule has 0 aliphatic carbocycles. The molecule has 1 nitrogen and oxygen atoms in total. The van der Waals surface area contributed by atoms with Gasteiger partial charge in [0.2, 0.25) is 0 Å². The Labute approximate surface area is 93.4 Å². The first-order valence-electron chi connectivity index (χ1n) is 4.32. The summed E-state index contributed by atoms with van der Waals surface area (Å²) in [7, 11) is 1.89. The smallest absolute Gasteiger partial charge is 0.127 e. The number of alkyl halides is 1. The molecule has 0 saturated carbocycles. The molecule has 1 aromatic carbocycles. The average Bonchev–Trinajstić information content (AvgIpc) is 2.12. The summed E-state index contributed by atoms with van der Waals surface area (Å²) < 4.78 is 13.3. The summed E-state index contributed by atoms with van der Waals surface area (Å²) in [4.78, 5) is 1.95. The fourth-order valence-electron chi connectivity index (χ4n) is 1.18. The second-order valence-electron chi connectivity index (χ2n) is 3.16. The Morgan fingerprint density at radius 1 is 1.43 bits per heavy atom. The van der Waals surface area contributed by atoms with Gasteiger partial charge in [-0.2, -0.15) is 0 Å². The normalized spacial score (nSPS) is 10.9. The van der Waals surface area contributed by atoms with Crippen molar-refractivity contribution in [1.29, 1.82) is 0 Å². The highest BCUT2D eigenvalue weighted by molar-refractivity contribution is 6.30. The quantitative estimate of drug-likeness (QED) is 0.726. The van der Waals surface area contributed by atoms with E-state index in [-0.39, 0.29) is 5.82 Å². The zero-order valence-electron chi connectivity index (χ0n) is 7.93. The summed E-state index contributed by atoms with van der Waals surface area (Å²) in [6, 6.07) is 4.57. The fraction of sp³-hybridized carbons (Fsp3) is 0.400. The van der Waals surface area contributed by atoms with Crippen molar-refractivity contribution in [3.05, 3.63) is 34.6 Å². The summed E-state index contributed by atoms with van der Waals surface area (Å²) >= 11 is 11.3. The molecule has 0 fully saturated rings. The fourth-order valence-corrected chi connectivity index (χ4v) is 1.66. The van der Waals surface area contributed by atoms with E-state index >= 15 is 0 Å². The summed E-state index contributed by atoms with van der Waals surface area (Å²) in [5, 5.41) is 0.556. The van der Waals surface area contributed by atoms with Gasteiger partial charge in [0.1, 0.15) is 5.82 Å². The van der Waals surface area contributed by atoms with Gasteiger partial charge in [-0.15, -0.1) is 11.6 Å². The van der Waals surface area contributed by atoms with Crippen molar-refractivity contribution in [2.75, 3.05) is 19.5 Å². The maximum Gasteiger partial charge on any atom is 0.127 e. The molecule has 0 aromatic heterocycles. The largest absolute Gasteiger partial charge is 0.301 e. The van der Waals surface area contributed by atoms with Crippen LogP contribution in [0.25, 0.3) is 0 Å². The maximum absolute atomic E-state index is 13.3. The first-order valence-corrected chi connectivity index (χ1v) is 5.23. The summed E-state index contributed by atoms with van der Waals surface area (Å²) in [5.74, 6) is 0.314.